The fourth-order valence-electron chi connectivity index (χ4n) is 2.70. The van der Waals surface area contributed by atoms with Crippen LogP contribution in [0.1, 0.15) is 20.9 Å². The molecule has 1 aromatic heterocycles. The molecule has 0 fully saturated rings. The van der Waals surface area contributed by atoms with Crippen molar-refractivity contribution in [2.75, 3.05) is 6.54 Å². The Hall–Kier alpha value is -1.21. The van der Waals surface area contributed by atoms with Crippen LogP contribution in [-0.2, 0) is 29.5 Å². The zero-order chi connectivity index (χ0) is 15.0. The van der Waals surface area contributed by atoms with Gasteiger partial charge in [0.15, 0.2) is 0 Å². The highest BCUT2D eigenvalue weighted by atomic mass is 32.2. The lowest BCUT2D eigenvalue weighted by Gasteiger charge is -2.28. The summed E-state index contributed by atoms with van der Waals surface area (Å²) >= 11 is 1.46. The van der Waals surface area contributed by atoms with Gasteiger partial charge in [-0.15, -0.1) is 11.3 Å². The Morgan fingerprint density at radius 3 is 2.67 bits per heavy atom. The number of nitrogens with two attached hydrogens (primary N) is 1. The van der Waals surface area contributed by atoms with E-state index in [1.54, 1.807) is 10.4 Å². The van der Waals surface area contributed by atoms with Crippen LogP contribution in [0.15, 0.2) is 35.2 Å². The zero-order valence-corrected chi connectivity index (χ0v) is 13.5. The van der Waals surface area contributed by atoms with E-state index in [0.29, 0.717) is 24.5 Å². The van der Waals surface area contributed by atoms with Crippen LogP contribution in [-0.4, -0.2) is 19.3 Å². The SMILES string of the molecule is Cc1sc(CN)cc1S(=O)(=O)N1CCc2ccccc2C1. The van der Waals surface area contributed by atoms with Crippen molar-refractivity contribution in [2.24, 2.45) is 5.73 Å². The van der Waals surface area contributed by atoms with Crippen molar-refractivity contribution in [1.29, 1.82) is 0 Å². The van der Waals surface area contributed by atoms with E-state index in [1.807, 2.05) is 25.1 Å². The van der Waals surface area contributed by atoms with Crippen molar-refractivity contribution in [3.8, 4) is 0 Å². The van der Waals surface area contributed by atoms with Crippen LogP contribution in [0.4, 0.5) is 0 Å². The number of aryl methyl sites for hydroxylation is 1. The molecule has 0 atom stereocenters. The molecule has 4 nitrogen and oxygen atoms in total. The molecule has 1 aliphatic rings. The zero-order valence-electron chi connectivity index (χ0n) is 11.9. The van der Waals surface area contributed by atoms with Crippen molar-refractivity contribution in [2.45, 2.75) is 31.3 Å². The smallest absolute Gasteiger partial charge is 0.244 e. The number of sulfonamides is 1. The molecule has 2 N–H and O–H groups in total. The lowest BCUT2D eigenvalue weighted by atomic mass is 10.0. The Kier molecular flexibility index (Phi) is 3.88. The third-order valence-corrected chi connectivity index (χ3v) is 7.01. The summed E-state index contributed by atoms with van der Waals surface area (Å²) < 4.78 is 27.3. The van der Waals surface area contributed by atoms with Crippen LogP contribution in [0.5, 0.6) is 0 Å². The molecule has 112 valence electrons. The molecule has 2 heterocycles. The van der Waals surface area contributed by atoms with Gasteiger partial charge in [-0.05, 0) is 30.5 Å². The number of hydrogen-bond donors (Lipinski definition) is 1. The maximum atomic E-state index is 12.8. The van der Waals surface area contributed by atoms with Crippen molar-refractivity contribution in [3.05, 3.63) is 51.2 Å². The summed E-state index contributed by atoms with van der Waals surface area (Å²) in [7, 11) is -3.44. The van der Waals surface area contributed by atoms with E-state index in [2.05, 4.69) is 6.07 Å². The van der Waals surface area contributed by atoms with E-state index < -0.39 is 10.0 Å². The lowest BCUT2D eigenvalue weighted by molar-refractivity contribution is 0.391. The number of hydrogen-bond acceptors (Lipinski definition) is 4. The Balaban J connectivity index is 1.95. The van der Waals surface area contributed by atoms with E-state index in [9.17, 15) is 8.42 Å². The molecular weight excluding hydrogens is 304 g/mol. The topological polar surface area (TPSA) is 63.4 Å². The molecule has 2 aromatic rings. The fourth-order valence-corrected chi connectivity index (χ4v) is 5.60. The van der Waals surface area contributed by atoms with Gasteiger partial charge < -0.3 is 5.73 Å². The lowest BCUT2D eigenvalue weighted by Crippen LogP contribution is -2.36. The first-order chi connectivity index (χ1) is 10.0. The second kappa shape index (κ2) is 5.53. The molecule has 21 heavy (non-hydrogen) atoms. The maximum Gasteiger partial charge on any atom is 0.244 e. The largest absolute Gasteiger partial charge is 0.326 e. The highest BCUT2D eigenvalue weighted by molar-refractivity contribution is 7.89. The van der Waals surface area contributed by atoms with Crippen LogP contribution >= 0.6 is 11.3 Å². The van der Waals surface area contributed by atoms with E-state index in [4.69, 9.17) is 5.73 Å². The van der Waals surface area contributed by atoms with Crippen molar-refractivity contribution in [3.63, 3.8) is 0 Å². The molecule has 0 saturated carbocycles. The van der Waals surface area contributed by atoms with Crippen molar-refractivity contribution >= 4 is 21.4 Å². The van der Waals surface area contributed by atoms with E-state index in [-0.39, 0.29) is 0 Å². The molecular formula is C15H18N2O2S2. The minimum absolute atomic E-state index is 0.379. The van der Waals surface area contributed by atoms with E-state index >= 15 is 0 Å². The van der Waals surface area contributed by atoms with Gasteiger partial charge in [-0.1, -0.05) is 24.3 Å². The predicted molar refractivity (Wildman–Crippen MR) is 84.7 cm³/mol. The molecule has 1 aromatic carbocycles. The van der Waals surface area contributed by atoms with Gasteiger partial charge >= 0.3 is 0 Å². The minimum atomic E-state index is -3.44. The quantitative estimate of drug-likeness (QED) is 0.943. The van der Waals surface area contributed by atoms with Gasteiger partial charge in [-0.3, -0.25) is 0 Å². The summed E-state index contributed by atoms with van der Waals surface area (Å²) in [5.41, 5.74) is 7.96. The number of benzene rings is 1. The van der Waals surface area contributed by atoms with E-state index in [1.165, 1.54) is 16.9 Å². The average molecular weight is 322 g/mol. The first kappa shape index (κ1) is 14.7. The van der Waals surface area contributed by atoms with Crippen LogP contribution < -0.4 is 5.73 Å². The van der Waals surface area contributed by atoms with Gasteiger partial charge in [0.2, 0.25) is 10.0 Å². The van der Waals surface area contributed by atoms with Gasteiger partial charge in [-0.2, -0.15) is 4.31 Å². The molecule has 0 bridgehead atoms. The Bertz CT molecular complexity index is 766. The summed E-state index contributed by atoms with van der Waals surface area (Å²) in [6, 6.07) is 9.75. The third kappa shape index (κ3) is 2.64. The molecule has 3 rings (SSSR count). The normalized spacial score (nSPS) is 15.9. The Morgan fingerprint density at radius 1 is 1.29 bits per heavy atom. The summed E-state index contributed by atoms with van der Waals surface area (Å²) in [5, 5.41) is 0. The average Bonchev–Trinajstić information content (AvgIpc) is 2.88. The number of thiophene rings is 1. The Labute approximate surface area is 129 Å². The number of fused-ring (bicyclic) bond motifs is 1. The summed E-state index contributed by atoms with van der Waals surface area (Å²) in [6.45, 7) is 3.21. The highest BCUT2D eigenvalue weighted by Gasteiger charge is 2.30. The Morgan fingerprint density at radius 2 is 2.00 bits per heavy atom. The van der Waals surface area contributed by atoms with E-state index in [0.717, 1.165) is 21.7 Å². The molecule has 6 heteroatoms. The number of rotatable bonds is 3. The maximum absolute atomic E-state index is 12.8. The first-order valence-corrected chi connectivity index (χ1v) is 9.14. The molecule has 0 amide bonds. The summed E-state index contributed by atoms with van der Waals surface area (Å²) in [6.07, 6.45) is 0.766. The number of nitrogens with zero attached hydrogens (tertiary/aromatic N) is 1. The molecule has 0 spiro atoms. The van der Waals surface area contributed by atoms with Gasteiger partial charge in [0.25, 0.3) is 0 Å². The van der Waals surface area contributed by atoms with Crippen LogP contribution in [0, 0.1) is 6.92 Å². The minimum Gasteiger partial charge on any atom is -0.326 e. The predicted octanol–water partition coefficient (Wildman–Crippen LogP) is 2.26. The highest BCUT2D eigenvalue weighted by Crippen LogP contribution is 2.30. The van der Waals surface area contributed by atoms with Gasteiger partial charge in [-0.25, -0.2) is 8.42 Å². The molecule has 0 unspecified atom stereocenters. The monoisotopic (exact) mass is 322 g/mol. The third-order valence-electron chi connectivity index (χ3n) is 3.84. The molecule has 0 aliphatic carbocycles. The van der Waals surface area contributed by atoms with Crippen LogP contribution in [0.3, 0.4) is 0 Å². The second-order valence-electron chi connectivity index (χ2n) is 5.19. The molecule has 0 radical (unpaired) electrons. The van der Waals surface area contributed by atoms with Gasteiger partial charge in [0.05, 0.1) is 4.90 Å². The van der Waals surface area contributed by atoms with Crippen LogP contribution in [0.2, 0.25) is 0 Å². The summed E-state index contributed by atoms with van der Waals surface area (Å²) in [5.74, 6) is 0. The second-order valence-corrected chi connectivity index (χ2v) is 8.44. The first-order valence-electron chi connectivity index (χ1n) is 6.88. The standard InChI is InChI=1S/C15H18N2O2S2/c1-11-15(8-14(9-16)20-11)21(18,19)17-7-6-12-4-2-3-5-13(12)10-17/h2-5,8H,6-7,9-10,16H2,1H3. The van der Waals surface area contributed by atoms with Gasteiger partial charge in [0.1, 0.15) is 0 Å². The van der Waals surface area contributed by atoms with Crippen LogP contribution in [0.25, 0.3) is 0 Å². The molecule has 1 aliphatic heterocycles. The van der Waals surface area contributed by atoms with Crippen molar-refractivity contribution in [1.82, 2.24) is 4.31 Å². The van der Waals surface area contributed by atoms with Gasteiger partial charge in [0, 0.05) is 29.4 Å². The van der Waals surface area contributed by atoms with Crippen molar-refractivity contribution < 1.29 is 8.42 Å². The fraction of sp³-hybridized carbons (Fsp3) is 0.333. The molecule has 0 saturated heterocycles. The summed E-state index contributed by atoms with van der Waals surface area (Å²) in [4.78, 5) is 2.13.